The maximum atomic E-state index is 12.6. The van der Waals surface area contributed by atoms with Gasteiger partial charge in [-0.1, -0.05) is 0 Å². The number of nitrogens with one attached hydrogen (secondary N) is 1. The van der Waals surface area contributed by atoms with Crippen molar-refractivity contribution in [3.05, 3.63) is 28.0 Å². The number of nitrogens with zero attached hydrogens (tertiary/aromatic N) is 2. The minimum atomic E-state index is -1.04. The molecule has 21 heavy (non-hydrogen) atoms. The molecule has 3 rings (SSSR count). The SMILES string of the molecule is Cc1oc2nc[nH]c(=O)c2c1C(=O)N1CCC[C@@H]1C(=O)O. The van der Waals surface area contributed by atoms with Crippen LogP contribution in [0.15, 0.2) is 15.5 Å². The van der Waals surface area contributed by atoms with Crippen LogP contribution in [-0.4, -0.2) is 44.4 Å². The predicted molar refractivity (Wildman–Crippen MR) is 71.1 cm³/mol. The van der Waals surface area contributed by atoms with Gasteiger partial charge in [-0.05, 0) is 19.8 Å². The van der Waals surface area contributed by atoms with E-state index in [2.05, 4.69) is 9.97 Å². The minimum absolute atomic E-state index is 0.0658. The first-order valence-electron chi connectivity index (χ1n) is 6.51. The van der Waals surface area contributed by atoms with E-state index in [1.165, 1.54) is 11.2 Å². The van der Waals surface area contributed by atoms with Crippen molar-refractivity contribution in [2.75, 3.05) is 6.54 Å². The predicted octanol–water partition coefficient (Wildman–Crippen LogP) is 0.514. The fourth-order valence-electron chi connectivity index (χ4n) is 2.72. The monoisotopic (exact) mass is 291 g/mol. The Bertz CT molecular complexity index is 791. The number of fused-ring (bicyclic) bond motifs is 1. The van der Waals surface area contributed by atoms with Crippen LogP contribution in [0, 0.1) is 6.92 Å². The first-order chi connectivity index (χ1) is 10.0. The zero-order chi connectivity index (χ0) is 15.1. The molecule has 0 aliphatic carbocycles. The Labute approximate surface area is 118 Å². The second kappa shape index (κ2) is 4.72. The Balaban J connectivity index is 2.12. The molecule has 2 aromatic rings. The number of hydrogen-bond donors (Lipinski definition) is 2. The molecule has 0 aromatic carbocycles. The number of furan rings is 1. The first kappa shape index (κ1) is 13.3. The summed E-state index contributed by atoms with van der Waals surface area (Å²) in [6, 6.07) is -0.863. The quantitative estimate of drug-likeness (QED) is 0.832. The van der Waals surface area contributed by atoms with Gasteiger partial charge in [-0.2, -0.15) is 0 Å². The van der Waals surface area contributed by atoms with E-state index in [-0.39, 0.29) is 22.4 Å². The van der Waals surface area contributed by atoms with Gasteiger partial charge < -0.3 is 19.4 Å². The molecule has 3 heterocycles. The number of carbonyl (C=O) groups is 2. The summed E-state index contributed by atoms with van der Waals surface area (Å²) in [5.74, 6) is -1.29. The van der Waals surface area contributed by atoms with Gasteiger partial charge >= 0.3 is 5.97 Å². The lowest BCUT2D eigenvalue weighted by Crippen LogP contribution is -2.40. The second-order valence-electron chi connectivity index (χ2n) is 4.94. The van der Waals surface area contributed by atoms with E-state index in [9.17, 15) is 14.4 Å². The average Bonchev–Trinajstić information content (AvgIpc) is 3.02. The zero-order valence-electron chi connectivity index (χ0n) is 11.3. The molecule has 2 aromatic heterocycles. The van der Waals surface area contributed by atoms with Gasteiger partial charge in [0, 0.05) is 6.54 Å². The summed E-state index contributed by atoms with van der Waals surface area (Å²) in [5, 5.41) is 9.24. The van der Waals surface area contributed by atoms with Crippen molar-refractivity contribution >= 4 is 23.0 Å². The number of amides is 1. The molecular formula is C13H13N3O5. The van der Waals surface area contributed by atoms with E-state index in [4.69, 9.17) is 9.52 Å². The van der Waals surface area contributed by atoms with E-state index in [0.29, 0.717) is 19.4 Å². The molecule has 0 spiro atoms. The number of hydrogen-bond acceptors (Lipinski definition) is 5. The largest absolute Gasteiger partial charge is 0.480 e. The van der Waals surface area contributed by atoms with Crippen LogP contribution >= 0.6 is 0 Å². The van der Waals surface area contributed by atoms with Crippen LogP contribution in [0.25, 0.3) is 11.1 Å². The molecule has 110 valence electrons. The molecule has 1 amide bonds. The second-order valence-corrected chi connectivity index (χ2v) is 4.94. The lowest BCUT2D eigenvalue weighted by molar-refractivity contribution is -0.141. The number of aromatic amines is 1. The van der Waals surface area contributed by atoms with Crippen LogP contribution in [0.5, 0.6) is 0 Å². The molecule has 2 N–H and O–H groups in total. The highest BCUT2D eigenvalue weighted by Gasteiger charge is 2.37. The van der Waals surface area contributed by atoms with Crippen LogP contribution < -0.4 is 5.56 Å². The van der Waals surface area contributed by atoms with Gasteiger partial charge in [0.05, 0.1) is 11.9 Å². The van der Waals surface area contributed by atoms with E-state index < -0.39 is 23.5 Å². The molecule has 0 saturated carbocycles. The van der Waals surface area contributed by atoms with Crippen molar-refractivity contribution < 1.29 is 19.1 Å². The Morgan fingerprint density at radius 2 is 2.29 bits per heavy atom. The molecule has 8 heteroatoms. The van der Waals surface area contributed by atoms with Crippen LogP contribution in [0.4, 0.5) is 0 Å². The highest BCUT2D eigenvalue weighted by Crippen LogP contribution is 2.26. The summed E-state index contributed by atoms with van der Waals surface area (Å²) in [7, 11) is 0. The van der Waals surface area contributed by atoms with Gasteiger partial charge in [0.2, 0.25) is 5.71 Å². The lowest BCUT2D eigenvalue weighted by atomic mass is 10.1. The maximum absolute atomic E-state index is 12.6. The van der Waals surface area contributed by atoms with E-state index in [0.717, 1.165) is 0 Å². The number of aromatic nitrogens is 2. The number of aliphatic carboxylic acids is 1. The fourth-order valence-corrected chi connectivity index (χ4v) is 2.72. The number of rotatable bonds is 2. The highest BCUT2D eigenvalue weighted by atomic mass is 16.4. The average molecular weight is 291 g/mol. The van der Waals surface area contributed by atoms with Crippen LogP contribution in [0.3, 0.4) is 0 Å². The number of carboxylic acid groups (broad SMARTS) is 1. The Morgan fingerprint density at radius 1 is 1.52 bits per heavy atom. The smallest absolute Gasteiger partial charge is 0.326 e. The normalized spacial score (nSPS) is 18.3. The van der Waals surface area contributed by atoms with E-state index in [1.54, 1.807) is 6.92 Å². The van der Waals surface area contributed by atoms with Crippen molar-refractivity contribution in [2.24, 2.45) is 0 Å². The maximum Gasteiger partial charge on any atom is 0.326 e. The van der Waals surface area contributed by atoms with Crippen molar-refractivity contribution in [3.8, 4) is 0 Å². The van der Waals surface area contributed by atoms with Crippen LogP contribution in [0.2, 0.25) is 0 Å². The van der Waals surface area contributed by atoms with Crippen molar-refractivity contribution in [1.82, 2.24) is 14.9 Å². The van der Waals surface area contributed by atoms with Gasteiger partial charge in [-0.15, -0.1) is 0 Å². The molecule has 1 atom stereocenters. The third-order valence-electron chi connectivity index (χ3n) is 3.68. The standard InChI is InChI=1S/C13H13N3O5/c1-6-8(9-10(17)14-5-15-11(9)21-6)12(18)16-4-2-3-7(16)13(19)20/h5,7H,2-4H2,1H3,(H,19,20)(H,14,15,17)/t7-/m1/s1. The zero-order valence-corrected chi connectivity index (χ0v) is 11.3. The van der Waals surface area contributed by atoms with Crippen molar-refractivity contribution in [3.63, 3.8) is 0 Å². The Kier molecular flexibility index (Phi) is 3.00. The highest BCUT2D eigenvalue weighted by molar-refractivity contribution is 6.07. The summed E-state index contributed by atoms with van der Waals surface area (Å²) in [6.45, 7) is 1.90. The lowest BCUT2D eigenvalue weighted by Gasteiger charge is -2.21. The number of carboxylic acids is 1. The summed E-state index contributed by atoms with van der Waals surface area (Å²) >= 11 is 0. The molecule has 1 saturated heterocycles. The number of carbonyl (C=O) groups excluding carboxylic acids is 1. The summed E-state index contributed by atoms with van der Waals surface area (Å²) in [4.78, 5) is 43.3. The molecule has 1 fully saturated rings. The topological polar surface area (TPSA) is 117 Å². The molecular weight excluding hydrogens is 278 g/mol. The third-order valence-corrected chi connectivity index (χ3v) is 3.68. The molecule has 0 bridgehead atoms. The summed E-state index contributed by atoms with van der Waals surface area (Å²) in [6.07, 6.45) is 2.22. The van der Waals surface area contributed by atoms with Gasteiger partial charge in [-0.25, -0.2) is 9.78 Å². The van der Waals surface area contributed by atoms with Gasteiger partial charge in [0.25, 0.3) is 11.5 Å². The Morgan fingerprint density at radius 3 is 3.00 bits per heavy atom. The van der Waals surface area contributed by atoms with E-state index in [1.807, 2.05) is 0 Å². The van der Waals surface area contributed by atoms with Crippen molar-refractivity contribution in [2.45, 2.75) is 25.8 Å². The van der Waals surface area contributed by atoms with Crippen molar-refractivity contribution in [1.29, 1.82) is 0 Å². The minimum Gasteiger partial charge on any atom is -0.480 e. The molecule has 1 aliphatic rings. The Hall–Kier alpha value is -2.64. The van der Waals surface area contributed by atoms with E-state index >= 15 is 0 Å². The summed E-state index contributed by atoms with van der Waals surface area (Å²) < 4.78 is 5.33. The first-order valence-corrected chi connectivity index (χ1v) is 6.51. The number of likely N-dealkylation sites (tertiary alicyclic amines) is 1. The number of H-pyrrole nitrogens is 1. The third kappa shape index (κ3) is 1.99. The van der Waals surface area contributed by atoms with Crippen LogP contribution in [-0.2, 0) is 4.79 Å². The molecule has 0 unspecified atom stereocenters. The molecule has 8 nitrogen and oxygen atoms in total. The number of aryl methyl sites for hydroxylation is 1. The molecule has 1 aliphatic heterocycles. The summed E-state index contributed by atoms with van der Waals surface area (Å²) in [5.41, 5.74) is -0.315. The van der Waals surface area contributed by atoms with Gasteiger partial charge in [0.1, 0.15) is 17.2 Å². The van der Waals surface area contributed by atoms with Gasteiger partial charge in [0.15, 0.2) is 0 Å². The van der Waals surface area contributed by atoms with Gasteiger partial charge in [-0.3, -0.25) is 9.59 Å². The molecule has 0 radical (unpaired) electrons. The van der Waals surface area contributed by atoms with Crippen LogP contribution in [0.1, 0.15) is 29.0 Å². The fraction of sp³-hybridized carbons (Fsp3) is 0.385.